The van der Waals surface area contributed by atoms with Gasteiger partial charge in [-0.1, -0.05) is 36.4 Å². The SMILES string of the molecule is COc1cccc(Cc2nsc(Oc3cccc(C(=O)N4CCN(c5ccccc5C)CC4)c3)n2)c1. The molecule has 1 aliphatic rings. The summed E-state index contributed by atoms with van der Waals surface area (Å²) in [5, 5.41) is 0.448. The minimum atomic E-state index is 0.0147. The fourth-order valence-corrected chi connectivity index (χ4v) is 4.93. The molecule has 184 valence electrons. The maximum atomic E-state index is 13.2. The maximum Gasteiger partial charge on any atom is 0.298 e. The molecule has 1 saturated heterocycles. The Morgan fingerprint density at radius 3 is 2.53 bits per heavy atom. The lowest BCUT2D eigenvalue weighted by Gasteiger charge is -2.36. The third kappa shape index (κ3) is 5.49. The molecule has 0 radical (unpaired) electrons. The number of para-hydroxylation sites is 1. The summed E-state index contributed by atoms with van der Waals surface area (Å²) in [6.45, 7) is 5.12. The highest BCUT2D eigenvalue weighted by atomic mass is 32.1. The van der Waals surface area contributed by atoms with Gasteiger partial charge in [-0.15, -0.1) is 0 Å². The van der Waals surface area contributed by atoms with Crippen molar-refractivity contribution in [3.05, 3.63) is 95.3 Å². The summed E-state index contributed by atoms with van der Waals surface area (Å²) in [6.07, 6.45) is 0.587. The van der Waals surface area contributed by atoms with Crippen LogP contribution in [0.5, 0.6) is 16.7 Å². The number of nitrogens with zero attached hydrogens (tertiary/aromatic N) is 4. The van der Waals surface area contributed by atoms with Gasteiger partial charge in [-0.3, -0.25) is 4.79 Å². The van der Waals surface area contributed by atoms with E-state index in [1.165, 1.54) is 22.8 Å². The van der Waals surface area contributed by atoms with Crippen LogP contribution in [0.3, 0.4) is 0 Å². The normalized spacial score (nSPS) is 13.5. The molecule has 1 amide bonds. The van der Waals surface area contributed by atoms with Crippen LogP contribution in [0.1, 0.15) is 27.3 Å². The Labute approximate surface area is 215 Å². The van der Waals surface area contributed by atoms with Crippen LogP contribution in [0.25, 0.3) is 0 Å². The monoisotopic (exact) mass is 500 g/mol. The Bertz CT molecular complexity index is 1350. The first-order chi connectivity index (χ1) is 17.6. The molecule has 1 aromatic heterocycles. The molecule has 0 unspecified atom stereocenters. The van der Waals surface area contributed by atoms with Crippen molar-refractivity contribution in [2.24, 2.45) is 0 Å². The molecule has 0 spiro atoms. The van der Waals surface area contributed by atoms with E-state index in [1.807, 2.05) is 47.4 Å². The van der Waals surface area contributed by atoms with Crippen LogP contribution in [0.4, 0.5) is 5.69 Å². The zero-order valence-electron chi connectivity index (χ0n) is 20.4. The standard InChI is InChI=1S/C28H28N4O3S/c1-20-7-3-4-12-25(20)31-13-15-32(16-14-31)27(33)22-9-6-11-24(19-22)35-28-29-26(30-36-28)18-21-8-5-10-23(17-21)34-2/h3-12,17,19H,13-16,18H2,1-2H3. The van der Waals surface area contributed by atoms with E-state index in [2.05, 4.69) is 45.4 Å². The van der Waals surface area contributed by atoms with Crippen LogP contribution in [-0.4, -0.2) is 53.5 Å². The van der Waals surface area contributed by atoms with Crippen molar-refractivity contribution < 1.29 is 14.3 Å². The molecule has 0 atom stereocenters. The Kier molecular flexibility index (Phi) is 7.13. The summed E-state index contributed by atoms with van der Waals surface area (Å²) in [5.74, 6) is 2.07. The number of carbonyl (C=O) groups is 1. The number of ether oxygens (including phenoxy) is 2. The zero-order chi connectivity index (χ0) is 24.9. The Morgan fingerprint density at radius 2 is 1.72 bits per heavy atom. The van der Waals surface area contributed by atoms with Crippen LogP contribution in [0.15, 0.2) is 72.8 Å². The van der Waals surface area contributed by atoms with Gasteiger partial charge in [0.05, 0.1) is 7.11 Å². The molecular weight excluding hydrogens is 472 g/mol. The van der Waals surface area contributed by atoms with Gasteiger partial charge in [0.1, 0.15) is 11.5 Å². The minimum Gasteiger partial charge on any atom is -0.497 e. The quantitative estimate of drug-likeness (QED) is 0.347. The van der Waals surface area contributed by atoms with Gasteiger partial charge in [-0.25, -0.2) is 0 Å². The highest BCUT2D eigenvalue weighted by molar-refractivity contribution is 7.07. The molecule has 2 heterocycles. The fraction of sp³-hybridized carbons (Fsp3) is 0.250. The average molecular weight is 501 g/mol. The van der Waals surface area contributed by atoms with Crippen molar-refractivity contribution in [2.45, 2.75) is 13.3 Å². The van der Waals surface area contributed by atoms with Crippen molar-refractivity contribution in [3.8, 4) is 16.7 Å². The third-order valence-electron chi connectivity index (χ3n) is 6.26. The van der Waals surface area contributed by atoms with Gasteiger partial charge in [-0.2, -0.15) is 9.36 Å². The summed E-state index contributed by atoms with van der Waals surface area (Å²) >= 11 is 1.20. The Hall–Kier alpha value is -3.91. The molecule has 0 N–H and O–H groups in total. The molecule has 8 heteroatoms. The second-order valence-electron chi connectivity index (χ2n) is 8.70. The highest BCUT2D eigenvalue weighted by Crippen LogP contribution is 2.26. The first-order valence-electron chi connectivity index (χ1n) is 11.9. The average Bonchev–Trinajstić information content (AvgIpc) is 3.35. The van der Waals surface area contributed by atoms with Gasteiger partial charge in [-0.05, 0) is 54.4 Å². The molecule has 0 aliphatic carbocycles. The van der Waals surface area contributed by atoms with E-state index in [4.69, 9.17) is 9.47 Å². The molecule has 5 rings (SSSR count). The van der Waals surface area contributed by atoms with E-state index in [0.717, 1.165) is 24.4 Å². The van der Waals surface area contributed by atoms with E-state index in [-0.39, 0.29) is 5.91 Å². The van der Waals surface area contributed by atoms with Gasteiger partial charge >= 0.3 is 0 Å². The molecule has 1 aliphatic heterocycles. The van der Waals surface area contributed by atoms with Gasteiger partial charge in [0.25, 0.3) is 11.1 Å². The van der Waals surface area contributed by atoms with E-state index in [0.29, 0.717) is 41.8 Å². The number of amides is 1. The van der Waals surface area contributed by atoms with Crippen LogP contribution in [-0.2, 0) is 6.42 Å². The van der Waals surface area contributed by atoms with Crippen molar-refractivity contribution in [1.82, 2.24) is 14.3 Å². The summed E-state index contributed by atoms with van der Waals surface area (Å²) in [4.78, 5) is 22.0. The molecule has 0 saturated carbocycles. The van der Waals surface area contributed by atoms with Gasteiger partial charge < -0.3 is 19.3 Å². The number of methoxy groups -OCH3 is 1. The number of piperazine rings is 1. The third-order valence-corrected chi connectivity index (χ3v) is 6.89. The summed E-state index contributed by atoms with van der Waals surface area (Å²) in [6, 6.07) is 23.5. The minimum absolute atomic E-state index is 0.0147. The summed E-state index contributed by atoms with van der Waals surface area (Å²) < 4.78 is 15.7. The molecule has 1 fully saturated rings. The van der Waals surface area contributed by atoms with Gasteiger partial charge in [0.2, 0.25) is 0 Å². The summed E-state index contributed by atoms with van der Waals surface area (Å²) in [7, 11) is 1.65. The lowest BCUT2D eigenvalue weighted by atomic mass is 10.1. The van der Waals surface area contributed by atoms with Gasteiger partial charge in [0.15, 0.2) is 5.82 Å². The smallest absolute Gasteiger partial charge is 0.298 e. The lowest BCUT2D eigenvalue weighted by Crippen LogP contribution is -2.49. The second-order valence-corrected chi connectivity index (χ2v) is 9.41. The number of hydrogen-bond acceptors (Lipinski definition) is 7. The van der Waals surface area contributed by atoms with Crippen molar-refractivity contribution >= 4 is 23.1 Å². The van der Waals surface area contributed by atoms with E-state index in [1.54, 1.807) is 13.2 Å². The molecule has 3 aromatic carbocycles. The lowest BCUT2D eigenvalue weighted by molar-refractivity contribution is 0.0746. The van der Waals surface area contributed by atoms with Crippen molar-refractivity contribution in [2.75, 3.05) is 38.2 Å². The van der Waals surface area contributed by atoms with Crippen LogP contribution in [0.2, 0.25) is 0 Å². The van der Waals surface area contributed by atoms with Crippen LogP contribution in [0, 0.1) is 6.92 Å². The number of benzene rings is 3. The van der Waals surface area contributed by atoms with Crippen LogP contribution < -0.4 is 14.4 Å². The summed E-state index contributed by atoms with van der Waals surface area (Å²) in [5.41, 5.74) is 4.17. The molecule has 4 aromatic rings. The van der Waals surface area contributed by atoms with Gasteiger partial charge in [0, 0.05) is 55.4 Å². The Morgan fingerprint density at radius 1 is 0.944 bits per heavy atom. The van der Waals surface area contributed by atoms with Crippen molar-refractivity contribution in [1.29, 1.82) is 0 Å². The van der Waals surface area contributed by atoms with E-state index in [9.17, 15) is 4.79 Å². The number of aryl methyl sites for hydroxylation is 1. The fourth-order valence-electron chi connectivity index (χ4n) is 4.36. The molecule has 7 nitrogen and oxygen atoms in total. The maximum absolute atomic E-state index is 13.2. The largest absolute Gasteiger partial charge is 0.497 e. The molecule has 36 heavy (non-hydrogen) atoms. The predicted octanol–water partition coefficient (Wildman–Crippen LogP) is 5.20. The van der Waals surface area contributed by atoms with E-state index >= 15 is 0 Å². The topological polar surface area (TPSA) is 67.8 Å². The zero-order valence-corrected chi connectivity index (χ0v) is 21.2. The van der Waals surface area contributed by atoms with E-state index < -0.39 is 0 Å². The second kappa shape index (κ2) is 10.8. The van der Waals surface area contributed by atoms with Crippen molar-refractivity contribution in [3.63, 3.8) is 0 Å². The van der Waals surface area contributed by atoms with Crippen LogP contribution >= 0.6 is 11.5 Å². The molecular formula is C28H28N4O3S. The number of carbonyl (C=O) groups excluding carboxylic acids is 1. The highest BCUT2D eigenvalue weighted by Gasteiger charge is 2.23. The predicted molar refractivity (Wildman–Crippen MR) is 142 cm³/mol. The number of anilines is 1. The number of rotatable bonds is 7. The molecule has 0 bridgehead atoms. The first kappa shape index (κ1) is 23.8. The number of aromatic nitrogens is 2. The Balaban J connectivity index is 1.20. The number of hydrogen-bond donors (Lipinski definition) is 0. The first-order valence-corrected chi connectivity index (χ1v) is 12.7.